The average molecular weight is 310 g/mol. The predicted octanol–water partition coefficient (Wildman–Crippen LogP) is 2.87. The molecule has 4 nitrogen and oxygen atoms in total. The van der Waals surface area contributed by atoms with Gasteiger partial charge >= 0.3 is 0 Å². The standard InChI is InChI=1S/C18H34N2O2/c1-15(16-7-6-10-19-14-16)13-18(21)20-11-12-22-17-8-4-2-3-5-9-17/h15-17,19H,2-14H2,1H3,(H,20,21). The fraction of sp³-hybridized carbons (Fsp3) is 0.944. The van der Waals surface area contributed by atoms with Gasteiger partial charge < -0.3 is 15.4 Å². The van der Waals surface area contributed by atoms with Crippen LogP contribution in [0.2, 0.25) is 0 Å². The molecule has 2 N–H and O–H groups in total. The number of nitrogens with one attached hydrogen (secondary N) is 2. The SMILES string of the molecule is CC(CC(=O)NCCOC1CCCCCC1)C1CCCNC1. The molecule has 2 fully saturated rings. The van der Waals surface area contributed by atoms with E-state index in [2.05, 4.69) is 17.6 Å². The van der Waals surface area contributed by atoms with Crippen molar-refractivity contribution in [2.24, 2.45) is 11.8 Å². The summed E-state index contributed by atoms with van der Waals surface area (Å²) < 4.78 is 5.91. The Bertz CT molecular complexity index is 308. The quantitative estimate of drug-likeness (QED) is 0.561. The third-order valence-electron chi connectivity index (χ3n) is 5.23. The second-order valence-electron chi connectivity index (χ2n) is 7.12. The second-order valence-corrected chi connectivity index (χ2v) is 7.12. The monoisotopic (exact) mass is 310 g/mol. The summed E-state index contributed by atoms with van der Waals surface area (Å²) in [4.78, 5) is 12.0. The molecule has 0 spiro atoms. The maximum atomic E-state index is 12.0. The topological polar surface area (TPSA) is 50.4 Å². The molecule has 0 bridgehead atoms. The summed E-state index contributed by atoms with van der Waals surface area (Å²) >= 11 is 0. The van der Waals surface area contributed by atoms with E-state index in [1.807, 2.05) is 0 Å². The Morgan fingerprint density at radius 2 is 1.95 bits per heavy atom. The zero-order chi connectivity index (χ0) is 15.6. The number of hydrogen-bond donors (Lipinski definition) is 2. The van der Waals surface area contributed by atoms with E-state index < -0.39 is 0 Å². The minimum absolute atomic E-state index is 0.183. The van der Waals surface area contributed by atoms with Crippen molar-refractivity contribution in [3.8, 4) is 0 Å². The Morgan fingerprint density at radius 3 is 2.64 bits per heavy atom. The van der Waals surface area contributed by atoms with E-state index in [4.69, 9.17) is 4.74 Å². The maximum Gasteiger partial charge on any atom is 0.220 e. The first kappa shape index (κ1) is 17.7. The maximum absolute atomic E-state index is 12.0. The summed E-state index contributed by atoms with van der Waals surface area (Å²) in [5.74, 6) is 1.31. The second kappa shape index (κ2) is 10.2. The van der Waals surface area contributed by atoms with Crippen LogP contribution in [0.1, 0.15) is 64.7 Å². The summed E-state index contributed by atoms with van der Waals surface area (Å²) in [5, 5.41) is 6.45. The number of ether oxygens (including phenoxy) is 1. The van der Waals surface area contributed by atoms with Crippen LogP contribution in [0.3, 0.4) is 0 Å². The summed E-state index contributed by atoms with van der Waals surface area (Å²) in [5.41, 5.74) is 0. The highest BCUT2D eigenvalue weighted by atomic mass is 16.5. The first-order chi connectivity index (χ1) is 10.8. The van der Waals surface area contributed by atoms with Crippen molar-refractivity contribution in [3.63, 3.8) is 0 Å². The van der Waals surface area contributed by atoms with E-state index in [0.29, 0.717) is 37.5 Å². The fourth-order valence-electron chi connectivity index (χ4n) is 3.72. The molecular formula is C18H34N2O2. The zero-order valence-corrected chi connectivity index (χ0v) is 14.2. The number of piperidine rings is 1. The normalized spacial score (nSPS) is 25.4. The van der Waals surface area contributed by atoms with Gasteiger partial charge in [0.1, 0.15) is 0 Å². The van der Waals surface area contributed by atoms with Crippen molar-refractivity contribution in [1.29, 1.82) is 0 Å². The number of carbonyl (C=O) groups excluding carboxylic acids is 1. The van der Waals surface area contributed by atoms with Gasteiger partial charge in [-0.05, 0) is 50.6 Å². The molecular weight excluding hydrogens is 276 g/mol. The highest BCUT2D eigenvalue weighted by Gasteiger charge is 2.21. The summed E-state index contributed by atoms with van der Waals surface area (Å²) in [7, 11) is 0. The summed E-state index contributed by atoms with van der Waals surface area (Å²) in [6.07, 6.45) is 11.3. The molecule has 4 heteroatoms. The number of rotatable bonds is 7. The van der Waals surface area contributed by atoms with Crippen molar-refractivity contribution >= 4 is 5.91 Å². The minimum Gasteiger partial charge on any atom is -0.376 e. The third kappa shape index (κ3) is 6.66. The first-order valence-electron chi connectivity index (χ1n) is 9.34. The van der Waals surface area contributed by atoms with Crippen LogP contribution >= 0.6 is 0 Å². The molecule has 0 aromatic carbocycles. The lowest BCUT2D eigenvalue weighted by atomic mass is 9.85. The molecule has 128 valence electrons. The molecule has 1 heterocycles. The van der Waals surface area contributed by atoms with Gasteiger partial charge in [0.15, 0.2) is 0 Å². The molecule has 0 aromatic rings. The lowest BCUT2D eigenvalue weighted by Gasteiger charge is -2.28. The van der Waals surface area contributed by atoms with Crippen molar-refractivity contribution < 1.29 is 9.53 Å². The molecule has 1 saturated carbocycles. The van der Waals surface area contributed by atoms with Crippen molar-refractivity contribution in [2.75, 3.05) is 26.2 Å². The van der Waals surface area contributed by atoms with Gasteiger partial charge in [0.2, 0.25) is 5.91 Å². The highest BCUT2D eigenvalue weighted by Crippen LogP contribution is 2.22. The van der Waals surface area contributed by atoms with E-state index in [9.17, 15) is 4.79 Å². The molecule has 1 aliphatic heterocycles. The number of amides is 1. The van der Waals surface area contributed by atoms with Gasteiger partial charge in [-0.3, -0.25) is 4.79 Å². The molecule has 0 radical (unpaired) electrons. The molecule has 1 amide bonds. The van der Waals surface area contributed by atoms with Gasteiger partial charge in [0, 0.05) is 13.0 Å². The van der Waals surface area contributed by atoms with Crippen LogP contribution in [0.4, 0.5) is 0 Å². The molecule has 2 aliphatic rings. The Hall–Kier alpha value is -0.610. The van der Waals surface area contributed by atoms with Crippen molar-refractivity contribution in [3.05, 3.63) is 0 Å². The van der Waals surface area contributed by atoms with Crippen LogP contribution < -0.4 is 10.6 Å². The van der Waals surface area contributed by atoms with Gasteiger partial charge in [-0.15, -0.1) is 0 Å². The van der Waals surface area contributed by atoms with E-state index in [-0.39, 0.29) is 5.91 Å². The van der Waals surface area contributed by atoms with E-state index in [1.54, 1.807) is 0 Å². The Kier molecular flexibility index (Phi) is 8.24. The molecule has 2 unspecified atom stereocenters. The highest BCUT2D eigenvalue weighted by molar-refractivity contribution is 5.76. The Morgan fingerprint density at radius 1 is 1.18 bits per heavy atom. The third-order valence-corrected chi connectivity index (χ3v) is 5.23. The lowest BCUT2D eigenvalue weighted by Crippen LogP contribution is -2.36. The average Bonchev–Trinajstić information content (AvgIpc) is 2.81. The Labute approximate surface area is 135 Å². The van der Waals surface area contributed by atoms with Crippen molar-refractivity contribution in [1.82, 2.24) is 10.6 Å². The van der Waals surface area contributed by atoms with Gasteiger partial charge in [-0.2, -0.15) is 0 Å². The van der Waals surface area contributed by atoms with Gasteiger partial charge in [0.25, 0.3) is 0 Å². The van der Waals surface area contributed by atoms with Gasteiger partial charge in [-0.25, -0.2) is 0 Å². The van der Waals surface area contributed by atoms with Gasteiger partial charge in [0.05, 0.1) is 12.7 Å². The number of carbonyl (C=O) groups is 1. The van der Waals surface area contributed by atoms with Crippen LogP contribution in [-0.4, -0.2) is 38.3 Å². The fourth-order valence-corrected chi connectivity index (χ4v) is 3.72. The smallest absolute Gasteiger partial charge is 0.220 e. The zero-order valence-electron chi connectivity index (χ0n) is 14.2. The van der Waals surface area contributed by atoms with Crippen LogP contribution in [0.5, 0.6) is 0 Å². The number of hydrogen-bond acceptors (Lipinski definition) is 3. The van der Waals surface area contributed by atoms with Crippen LogP contribution in [-0.2, 0) is 9.53 Å². The molecule has 1 saturated heterocycles. The van der Waals surface area contributed by atoms with E-state index >= 15 is 0 Å². The largest absolute Gasteiger partial charge is 0.376 e. The molecule has 2 atom stereocenters. The summed E-state index contributed by atoms with van der Waals surface area (Å²) in [6.45, 7) is 5.73. The van der Waals surface area contributed by atoms with E-state index in [1.165, 1.54) is 51.4 Å². The van der Waals surface area contributed by atoms with Crippen molar-refractivity contribution in [2.45, 2.75) is 70.8 Å². The molecule has 2 rings (SSSR count). The molecule has 0 aromatic heterocycles. The van der Waals surface area contributed by atoms with Crippen LogP contribution in [0.15, 0.2) is 0 Å². The van der Waals surface area contributed by atoms with Crippen LogP contribution in [0.25, 0.3) is 0 Å². The van der Waals surface area contributed by atoms with Gasteiger partial charge in [-0.1, -0.05) is 32.6 Å². The molecule has 22 heavy (non-hydrogen) atoms. The van der Waals surface area contributed by atoms with E-state index in [0.717, 1.165) is 13.1 Å². The summed E-state index contributed by atoms with van der Waals surface area (Å²) in [6, 6.07) is 0. The molecule has 1 aliphatic carbocycles. The lowest BCUT2D eigenvalue weighted by molar-refractivity contribution is -0.122. The Balaban J connectivity index is 1.53. The van der Waals surface area contributed by atoms with Crippen LogP contribution in [0, 0.1) is 11.8 Å². The predicted molar refractivity (Wildman–Crippen MR) is 89.8 cm³/mol. The minimum atomic E-state index is 0.183. The first-order valence-corrected chi connectivity index (χ1v) is 9.34.